The molecule has 0 aliphatic heterocycles. The summed E-state index contributed by atoms with van der Waals surface area (Å²) in [4.78, 5) is 23.7. The number of nitrogens with zero attached hydrogens (tertiary/aromatic N) is 1. The number of carbonyl (C=O) groups is 2. The first kappa shape index (κ1) is 15.1. The van der Waals surface area contributed by atoms with E-state index in [0.717, 1.165) is 17.3 Å². The van der Waals surface area contributed by atoms with Gasteiger partial charge in [-0.1, -0.05) is 31.5 Å². The molecule has 1 unspecified atom stereocenters. The van der Waals surface area contributed by atoms with Crippen molar-refractivity contribution in [3.8, 4) is 0 Å². The minimum atomic E-state index is -0.875. The molecule has 2 aromatic rings. The van der Waals surface area contributed by atoms with Gasteiger partial charge in [-0.2, -0.15) is 0 Å². The molecule has 0 saturated carbocycles. The minimum Gasteiger partial charge on any atom is -0.480 e. The van der Waals surface area contributed by atoms with E-state index in [1.54, 1.807) is 10.8 Å². The van der Waals surface area contributed by atoms with Crippen LogP contribution >= 0.6 is 0 Å². The second-order valence-corrected chi connectivity index (χ2v) is 4.97. The quantitative estimate of drug-likeness (QED) is 0.858. The highest BCUT2D eigenvalue weighted by atomic mass is 16.4. The molecule has 1 amide bonds. The average Bonchev–Trinajstić information content (AvgIpc) is 2.84. The number of fused-ring (bicyclic) bond motifs is 1. The number of benzene rings is 1. The summed E-state index contributed by atoms with van der Waals surface area (Å²) < 4.78 is 1.70. The van der Waals surface area contributed by atoms with Gasteiger partial charge in [-0.15, -0.1) is 0 Å². The van der Waals surface area contributed by atoms with Crippen LogP contribution in [0.1, 0.15) is 43.1 Å². The van der Waals surface area contributed by atoms with E-state index in [1.165, 1.54) is 0 Å². The Balaban J connectivity index is 2.59. The van der Waals surface area contributed by atoms with Crippen molar-refractivity contribution in [2.75, 3.05) is 6.54 Å². The van der Waals surface area contributed by atoms with E-state index in [2.05, 4.69) is 5.32 Å². The number of hydrogen-bond acceptors (Lipinski definition) is 2. The van der Waals surface area contributed by atoms with Crippen molar-refractivity contribution < 1.29 is 14.7 Å². The summed E-state index contributed by atoms with van der Waals surface area (Å²) in [5.74, 6) is -1.05. The van der Waals surface area contributed by atoms with Crippen LogP contribution in [0.5, 0.6) is 0 Å². The highest BCUT2D eigenvalue weighted by Crippen LogP contribution is 2.27. The molecule has 0 aliphatic rings. The Morgan fingerprint density at radius 3 is 2.62 bits per heavy atom. The Morgan fingerprint density at radius 2 is 2.00 bits per heavy atom. The fourth-order valence-corrected chi connectivity index (χ4v) is 2.55. The lowest BCUT2D eigenvalue weighted by Crippen LogP contribution is -2.22. The van der Waals surface area contributed by atoms with Crippen molar-refractivity contribution in [1.29, 1.82) is 0 Å². The van der Waals surface area contributed by atoms with Crippen LogP contribution < -0.4 is 5.32 Å². The molecule has 0 bridgehead atoms. The van der Waals surface area contributed by atoms with Crippen molar-refractivity contribution in [2.45, 2.75) is 32.7 Å². The van der Waals surface area contributed by atoms with E-state index in [9.17, 15) is 14.7 Å². The lowest BCUT2D eigenvalue weighted by molar-refractivity contribution is -0.141. The molecule has 21 heavy (non-hydrogen) atoms. The Hall–Kier alpha value is -2.30. The molecular weight excluding hydrogens is 268 g/mol. The van der Waals surface area contributed by atoms with E-state index in [1.807, 2.05) is 38.1 Å². The predicted octanol–water partition coefficient (Wildman–Crippen LogP) is 2.82. The molecule has 1 atom stereocenters. The number of carboxylic acid groups (broad SMARTS) is 1. The van der Waals surface area contributed by atoms with Crippen LogP contribution in [0.25, 0.3) is 10.9 Å². The van der Waals surface area contributed by atoms with E-state index >= 15 is 0 Å². The zero-order valence-electron chi connectivity index (χ0n) is 12.3. The van der Waals surface area contributed by atoms with Crippen molar-refractivity contribution in [3.05, 3.63) is 36.0 Å². The fourth-order valence-electron chi connectivity index (χ4n) is 2.55. The van der Waals surface area contributed by atoms with Gasteiger partial charge in [0.25, 0.3) is 5.91 Å². The summed E-state index contributed by atoms with van der Waals surface area (Å²) in [6.45, 7) is 4.34. The predicted molar refractivity (Wildman–Crippen MR) is 81.5 cm³/mol. The Bertz CT molecular complexity index is 661. The van der Waals surface area contributed by atoms with E-state index in [4.69, 9.17) is 0 Å². The Morgan fingerprint density at radius 1 is 1.29 bits per heavy atom. The summed E-state index contributed by atoms with van der Waals surface area (Å²) in [5.41, 5.74) is 1.30. The molecule has 0 saturated heterocycles. The molecule has 0 aliphatic carbocycles. The molecule has 5 nitrogen and oxygen atoms in total. The number of amides is 1. The number of aliphatic carboxylic acids is 1. The number of aromatic nitrogens is 1. The number of nitrogens with one attached hydrogen (secondary N) is 1. The largest absolute Gasteiger partial charge is 0.480 e. The van der Waals surface area contributed by atoms with Crippen LogP contribution in [0, 0.1) is 0 Å². The number of carboxylic acids is 1. The van der Waals surface area contributed by atoms with E-state index < -0.39 is 12.0 Å². The number of rotatable bonds is 6. The van der Waals surface area contributed by atoms with Gasteiger partial charge in [0.1, 0.15) is 6.04 Å². The highest BCUT2D eigenvalue weighted by molar-refractivity contribution is 6.07. The molecule has 2 N–H and O–H groups in total. The molecule has 2 rings (SSSR count). The smallest absolute Gasteiger partial charge is 0.326 e. The average molecular weight is 288 g/mol. The second-order valence-electron chi connectivity index (χ2n) is 4.97. The van der Waals surface area contributed by atoms with Gasteiger partial charge in [0.2, 0.25) is 0 Å². The lowest BCUT2D eigenvalue weighted by Gasteiger charge is -2.14. The monoisotopic (exact) mass is 288 g/mol. The van der Waals surface area contributed by atoms with Crippen LogP contribution in [-0.2, 0) is 4.79 Å². The zero-order chi connectivity index (χ0) is 15.4. The zero-order valence-corrected chi connectivity index (χ0v) is 12.3. The number of hydrogen-bond donors (Lipinski definition) is 2. The van der Waals surface area contributed by atoms with Crippen molar-refractivity contribution in [1.82, 2.24) is 9.88 Å². The summed E-state index contributed by atoms with van der Waals surface area (Å²) in [6, 6.07) is 6.75. The fraction of sp³-hybridized carbons (Fsp3) is 0.375. The highest BCUT2D eigenvalue weighted by Gasteiger charge is 2.23. The second kappa shape index (κ2) is 6.43. The molecular formula is C16H20N2O3. The first-order valence-corrected chi connectivity index (χ1v) is 7.20. The first-order valence-electron chi connectivity index (χ1n) is 7.20. The minimum absolute atomic E-state index is 0.173. The van der Waals surface area contributed by atoms with Crippen molar-refractivity contribution in [2.24, 2.45) is 0 Å². The topological polar surface area (TPSA) is 71.3 Å². The van der Waals surface area contributed by atoms with Gasteiger partial charge in [-0.3, -0.25) is 4.79 Å². The molecule has 1 aromatic carbocycles. The van der Waals surface area contributed by atoms with Crippen LogP contribution in [-0.4, -0.2) is 28.1 Å². The number of para-hydroxylation sites is 1. The van der Waals surface area contributed by atoms with E-state index in [-0.39, 0.29) is 5.91 Å². The standard InChI is InChI=1S/C16H20N2O3/c1-3-7-14(16(20)21)18-10-12(15(19)17-4-2)11-8-5-6-9-13(11)18/h5-6,8-10,14H,3-4,7H2,1-2H3,(H,17,19)(H,20,21). The summed E-state index contributed by atoms with van der Waals surface area (Å²) in [6.07, 6.45) is 2.95. The van der Waals surface area contributed by atoms with Gasteiger partial charge >= 0.3 is 5.97 Å². The summed E-state index contributed by atoms with van der Waals surface area (Å²) in [7, 11) is 0. The van der Waals surface area contributed by atoms with Crippen LogP contribution in [0.2, 0.25) is 0 Å². The maximum atomic E-state index is 12.2. The third-order valence-corrected chi connectivity index (χ3v) is 3.51. The maximum Gasteiger partial charge on any atom is 0.326 e. The van der Waals surface area contributed by atoms with Crippen LogP contribution in [0.15, 0.2) is 30.5 Å². The van der Waals surface area contributed by atoms with E-state index in [0.29, 0.717) is 18.5 Å². The van der Waals surface area contributed by atoms with Crippen LogP contribution in [0.3, 0.4) is 0 Å². The van der Waals surface area contributed by atoms with Gasteiger partial charge in [-0.25, -0.2) is 4.79 Å². The third-order valence-electron chi connectivity index (χ3n) is 3.51. The molecule has 1 aromatic heterocycles. The van der Waals surface area contributed by atoms with Gasteiger partial charge < -0.3 is 15.0 Å². The number of carbonyl (C=O) groups excluding carboxylic acids is 1. The van der Waals surface area contributed by atoms with Crippen molar-refractivity contribution >= 4 is 22.8 Å². The molecule has 112 valence electrons. The maximum absolute atomic E-state index is 12.2. The molecule has 5 heteroatoms. The molecule has 0 radical (unpaired) electrons. The Kier molecular flexibility index (Phi) is 4.62. The van der Waals surface area contributed by atoms with Gasteiger partial charge in [0.15, 0.2) is 0 Å². The summed E-state index contributed by atoms with van der Waals surface area (Å²) >= 11 is 0. The van der Waals surface area contributed by atoms with Crippen LogP contribution in [0.4, 0.5) is 0 Å². The summed E-state index contributed by atoms with van der Waals surface area (Å²) in [5, 5.41) is 13.0. The van der Waals surface area contributed by atoms with Gasteiger partial charge in [-0.05, 0) is 19.4 Å². The SMILES string of the molecule is CCCC(C(=O)O)n1cc(C(=O)NCC)c2ccccc21. The molecule has 0 spiro atoms. The van der Waals surface area contributed by atoms with Gasteiger partial charge in [0, 0.05) is 23.6 Å². The normalized spacial score (nSPS) is 12.3. The first-order chi connectivity index (χ1) is 10.1. The molecule has 0 fully saturated rings. The van der Waals surface area contributed by atoms with Gasteiger partial charge in [0.05, 0.1) is 5.56 Å². The third kappa shape index (κ3) is 2.91. The lowest BCUT2D eigenvalue weighted by atomic mass is 10.1. The molecule has 1 heterocycles. The van der Waals surface area contributed by atoms with Crippen molar-refractivity contribution in [3.63, 3.8) is 0 Å². The Labute approximate surface area is 123 Å².